The van der Waals surface area contributed by atoms with Gasteiger partial charge in [0.1, 0.15) is 5.00 Å². The minimum Gasteiger partial charge on any atom is -0.462 e. The maximum Gasteiger partial charge on any atom is 0.341 e. The van der Waals surface area contributed by atoms with E-state index in [1.807, 2.05) is 11.5 Å². The molecule has 0 saturated carbocycles. The third-order valence-electron chi connectivity index (χ3n) is 4.37. The van der Waals surface area contributed by atoms with E-state index in [0.717, 1.165) is 29.1 Å². The largest absolute Gasteiger partial charge is 0.462 e. The summed E-state index contributed by atoms with van der Waals surface area (Å²) in [5, 5.41) is 14.7. The van der Waals surface area contributed by atoms with Crippen molar-refractivity contribution < 1.29 is 14.3 Å². The molecule has 1 N–H and O–H groups in total. The number of thioether (sulfide) groups is 1. The Morgan fingerprint density at radius 3 is 2.84 bits per heavy atom. The van der Waals surface area contributed by atoms with Gasteiger partial charge in [-0.25, -0.2) is 4.79 Å². The standard InChI is InChI=1S/C22H26N4O3S3/c1-5-8-16-11-15(12-30-16)19-24-25-22(26(19)9-6-2)31-13-18(27)23-20-17(10-14(4)32-20)21(28)29-7-3/h6,10-12H,2,5,7-9,13H2,1,3-4H3,(H,23,27). The van der Waals surface area contributed by atoms with Gasteiger partial charge in [-0.1, -0.05) is 31.2 Å². The first kappa shape index (κ1) is 24.2. The summed E-state index contributed by atoms with van der Waals surface area (Å²) >= 11 is 4.37. The molecular weight excluding hydrogens is 464 g/mol. The average molecular weight is 491 g/mol. The zero-order chi connectivity index (χ0) is 23.1. The zero-order valence-electron chi connectivity index (χ0n) is 18.3. The summed E-state index contributed by atoms with van der Waals surface area (Å²) in [5.74, 6) is 0.246. The number of hydrogen-bond donors (Lipinski definition) is 1. The molecule has 0 unspecified atom stereocenters. The lowest BCUT2D eigenvalue weighted by Gasteiger charge is -2.08. The molecule has 0 aromatic carbocycles. The predicted molar refractivity (Wildman–Crippen MR) is 132 cm³/mol. The van der Waals surface area contributed by atoms with Crippen LogP contribution in [0.15, 0.2) is 35.3 Å². The molecule has 10 heteroatoms. The number of nitrogens with one attached hydrogen (secondary N) is 1. The normalized spacial score (nSPS) is 10.8. The Hall–Kier alpha value is -2.43. The number of ether oxygens (including phenoxy) is 1. The van der Waals surface area contributed by atoms with Gasteiger partial charge in [-0.3, -0.25) is 9.36 Å². The molecule has 0 aliphatic carbocycles. The van der Waals surface area contributed by atoms with Gasteiger partial charge in [-0.05, 0) is 32.4 Å². The highest BCUT2D eigenvalue weighted by molar-refractivity contribution is 7.99. The molecule has 3 aromatic heterocycles. The Labute approximate surface area is 199 Å². The monoisotopic (exact) mass is 490 g/mol. The summed E-state index contributed by atoms with van der Waals surface area (Å²) in [7, 11) is 0. The fourth-order valence-corrected chi connectivity index (χ4v) is 5.67. The topological polar surface area (TPSA) is 86.1 Å². The fourth-order valence-electron chi connectivity index (χ4n) is 3.04. The molecule has 0 bridgehead atoms. The smallest absolute Gasteiger partial charge is 0.341 e. The molecule has 0 spiro atoms. The van der Waals surface area contributed by atoms with Crippen molar-refractivity contribution in [3.05, 3.63) is 45.5 Å². The van der Waals surface area contributed by atoms with Gasteiger partial charge >= 0.3 is 5.97 Å². The van der Waals surface area contributed by atoms with E-state index >= 15 is 0 Å². The lowest BCUT2D eigenvalue weighted by Crippen LogP contribution is -2.16. The molecule has 0 atom stereocenters. The van der Waals surface area contributed by atoms with Crippen molar-refractivity contribution in [1.82, 2.24) is 14.8 Å². The molecule has 3 aromatic rings. The Morgan fingerprint density at radius 1 is 1.31 bits per heavy atom. The number of hydrogen-bond acceptors (Lipinski definition) is 8. The van der Waals surface area contributed by atoms with E-state index < -0.39 is 5.97 Å². The van der Waals surface area contributed by atoms with Crippen molar-refractivity contribution >= 4 is 51.3 Å². The SMILES string of the molecule is C=CCn1c(SCC(=O)Nc2sc(C)cc2C(=O)OCC)nnc1-c1csc(CCC)c1. The molecule has 7 nitrogen and oxygen atoms in total. The molecule has 0 radical (unpaired) electrons. The number of anilines is 1. The average Bonchev–Trinajstić information content (AvgIpc) is 3.46. The van der Waals surface area contributed by atoms with Crippen LogP contribution in [0.25, 0.3) is 11.4 Å². The van der Waals surface area contributed by atoms with Crippen LogP contribution >= 0.6 is 34.4 Å². The first-order valence-electron chi connectivity index (χ1n) is 10.3. The van der Waals surface area contributed by atoms with E-state index in [4.69, 9.17) is 4.74 Å². The molecule has 0 saturated heterocycles. The molecule has 3 heterocycles. The first-order valence-corrected chi connectivity index (χ1v) is 13.0. The highest BCUT2D eigenvalue weighted by Crippen LogP contribution is 2.30. The molecule has 32 heavy (non-hydrogen) atoms. The van der Waals surface area contributed by atoms with Gasteiger partial charge in [0.15, 0.2) is 11.0 Å². The summed E-state index contributed by atoms with van der Waals surface area (Å²) < 4.78 is 7.04. The summed E-state index contributed by atoms with van der Waals surface area (Å²) in [5.41, 5.74) is 1.40. The number of thiophene rings is 2. The van der Waals surface area contributed by atoms with E-state index in [1.165, 1.54) is 28.0 Å². The van der Waals surface area contributed by atoms with Crippen LogP contribution in [-0.4, -0.2) is 39.0 Å². The number of carbonyl (C=O) groups is 2. The minimum atomic E-state index is -0.437. The maximum absolute atomic E-state index is 12.6. The Bertz CT molecular complexity index is 1100. The highest BCUT2D eigenvalue weighted by atomic mass is 32.2. The van der Waals surface area contributed by atoms with Gasteiger partial charge in [0.25, 0.3) is 0 Å². The predicted octanol–water partition coefficient (Wildman–Crippen LogP) is 5.42. The second kappa shape index (κ2) is 11.4. The third kappa shape index (κ3) is 5.87. The molecule has 0 aliphatic rings. The number of aromatic nitrogens is 3. The minimum absolute atomic E-state index is 0.138. The number of rotatable bonds is 11. The number of esters is 1. The van der Waals surface area contributed by atoms with Crippen molar-refractivity contribution in [2.45, 2.75) is 45.3 Å². The van der Waals surface area contributed by atoms with Crippen LogP contribution in [0.2, 0.25) is 0 Å². The Kier molecular flexibility index (Phi) is 8.66. The van der Waals surface area contributed by atoms with E-state index in [0.29, 0.717) is 22.3 Å². The van der Waals surface area contributed by atoms with Crippen LogP contribution in [0.1, 0.15) is 40.4 Å². The highest BCUT2D eigenvalue weighted by Gasteiger charge is 2.20. The maximum atomic E-state index is 12.6. The Balaban J connectivity index is 1.70. The van der Waals surface area contributed by atoms with Crippen molar-refractivity contribution in [2.75, 3.05) is 17.7 Å². The van der Waals surface area contributed by atoms with Crippen LogP contribution in [0.3, 0.4) is 0 Å². The molecule has 0 fully saturated rings. The van der Waals surface area contributed by atoms with E-state index in [2.05, 4.69) is 40.5 Å². The number of allylic oxidation sites excluding steroid dienone is 1. The third-order valence-corrected chi connectivity index (χ3v) is 7.30. The van der Waals surface area contributed by atoms with Gasteiger partial charge in [0.05, 0.1) is 17.9 Å². The first-order chi connectivity index (χ1) is 15.5. The number of aryl methyl sites for hydroxylation is 2. The quantitative estimate of drug-likeness (QED) is 0.219. The van der Waals surface area contributed by atoms with Gasteiger partial charge in [-0.15, -0.1) is 39.4 Å². The van der Waals surface area contributed by atoms with Crippen molar-refractivity contribution in [3.8, 4) is 11.4 Å². The summed E-state index contributed by atoms with van der Waals surface area (Å²) in [6, 6.07) is 3.88. The van der Waals surface area contributed by atoms with E-state index in [1.54, 1.807) is 30.4 Å². The van der Waals surface area contributed by atoms with E-state index in [9.17, 15) is 9.59 Å². The van der Waals surface area contributed by atoms with Gasteiger partial charge in [0, 0.05) is 27.2 Å². The van der Waals surface area contributed by atoms with E-state index in [-0.39, 0.29) is 18.3 Å². The molecule has 170 valence electrons. The summed E-state index contributed by atoms with van der Waals surface area (Å²) in [6.07, 6.45) is 3.92. The van der Waals surface area contributed by atoms with Crippen LogP contribution < -0.4 is 5.32 Å². The van der Waals surface area contributed by atoms with Crippen LogP contribution in [0, 0.1) is 6.92 Å². The van der Waals surface area contributed by atoms with Gasteiger partial charge in [0.2, 0.25) is 5.91 Å². The number of nitrogens with zero attached hydrogens (tertiary/aromatic N) is 3. The van der Waals surface area contributed by atoms with Crippen LogP contribution in [0.4, 0.5) is 5.00 Å². The number of amides is 1. The second-order valence-electron chi connectivity index (χ2n) is 6.91. The lowest BCUT2D eigenvalue weighted by atomic mass is 10.2. The Morgan fingerprint density at radius 2 is 2.12 bits per heavy atom. The zero-order valence-corrected chi connectivity index (χ0v) is 20.8. The van der Waals surface area contributed by atoms with Crippen molar-refractivity contribution in [1.29, 1.82) is 0 Å². The van der Waals surface area contributed by atoms with Crippen molar-refractivity contribution in [3.63, 3.8) is 0 Å². The summed E-state index contributed by atoms with van der Waals surface area (Å²) in [4.78, 5) is 27.0. The number of carbonyl (C=O) groups excluding carboxylic acids is 2. The van der Waals surface area contributed by atoms with Crippen molar-refractivity contribution in [2.24, 2.45) is 0 Å². The van der Waals surface area contributed by atoms with Gasteiger partial charge in [-0.2, -0.15) is 0 Å². The summed E-state index contributed by atoms with van der Waals surface area (Å²) in [6.45, 7) is 10.5. The van der Waals surface area contributed by atoms with Gasteiger partial charge < -0.3 is 10.1 Å². The fraction of sp³-hybridized carbons (Fsp3) is 0.364. The molecular formula is C22H26N4O3S3. The molecule has 0 aliphatic heterocycles. The second-order valence-corrected chi connectivity index (χ2v) is 10.1. The van der Waals surface area contributed by atoms with Crippen LogP contribution in [0.5, 0.6) is 0 Å². The lowest BCUT2D eigenvalue weighted by molar-refractivity contribution is -0.113. The molecule has 1 amide bonds. The van der Waals surface area contributed by atoms with Crippen LogP contribution in [-0.2, 0) is 22.5 Å². The molecule has 3 rings (SSSR count).